The van der Waals surface area contributed by atoms with Gasteiger partial charge in [-0.3, -0.25) is 9.10 Å². The quantitative estimate of drug-likeness (QED) is 0.672. The minimum Gasteiger partial charge on any atom is -0.493 e. The highest BCUT2D eigenvalue weighted by molar-refractivity contribution is 7.92. The summed E-state index contributed by atoms with van der Waals surface area (Å²) in [6, 6.07) is 12.9. The van der Waals surface area contributed by atoms with Crippen molar-refractivity contribution < 1.29 is 22.7 Å². The lowest BCUT2D eigenvalue weighted by Crippen LogP contribution is -2.46. The normalized spacial score (nSPS) is 16.8. The summed E-state index contributed by atoms with van der Waals surface area (Å²) in [6.45, 7) is 3.12. The molecule has 0 spiro atoms. The minimum absolute atomic E-state index is 0.125. The second-order valence-corrected chi connectivity index (χ2v) is 9.31. The Morgan fingerprint density at radius 2 is 1.80 bits per heavy atom. The number of likely N-dealkylation sites (tertiary alicyclic amines) is 1. The summed E-state index contributed by atoms with van der Waals surface area (Å²) in [4.78, 5) is 14.9. The summed E-state index contributed by atoms with van der Waals surface area (Å²) in [5, 5.41) is 0. The molecule has 0 aromatic heterocycles. The van der Waals surface area contributed by atoms with Gasteiger partial charge >= 0.3 is 0 Å². The molecule has 30 heavy (non-hydrogen) atoms. The molecule has 7 nitrogen and oxygen atoms in total. The average molecular weight is 433 g/mol. The lowest BCUT2D eigenvalue weighted by molar-refractivity contribution is -0.131. The van der Waals surface area contributed by atoms with Crippen LogP contribution in [0.3, 0.4) is 0 Å². The number of carbonyl (C=O) groups excluding carboxylic acids is 1. The Kier molecular flexibility index (Phi) is 6.87. The van der Waals surface area contributed by atoms with Gasteiger partial charge in [-0.05, 0) is 43.0 Å². The molecule has 2 aromatic carbocycles. The van der Waals surface area contributed by atoms with Gasteiger partial charge in [-0.25, -0.2) is 8.42 Å². The van der Waals surface area contributed by atoms with E-state index in [1.807, 2.05) is 0 Å². The number of hydrogen-bond acceptors (Lipinski definition) is 5. The highest BCUT2D eigenvalue weighted by Gasteiger charge is 2.30. The van der Waals surface area contributed by atoms with Crippen LogP contribution in [0.1, 0.15) is 19.8 Å². The highest BCUT2D eigenvalue weighted by Crippen LogP contribution is 2.34. The molecule has 1 heterocycles. The van der Waals surface area contributed by atoms with Gasteiger partial charge < -0.3 is 14.4 Å². The van der Waals surface area contributed by atoms with E-state index in [1.54, 1.807) is 41.3 Å². The number of anilines is 1. The number of hydrogen-bond donors (Lipinski definition) is 0. The van der Waals surface area contributed by atoms with Crippen LogP contribution in [0.5, 0.6) is 11.5 Å². The molecule has 162 valence electrons. The molecular formula is C22H28N2O5S. The SMILES string of the molecule is COc1ccc(N(CC(=O)N2CCC[C@@H](C)C2)S(=O)(=O)c2ccccc2)cc1OC. The molecule has 1 saturated heterocycles. The number of benzene rings is 2. The van der Waals surface area contributed by atoms with Crippen LogP contribution in [0.15, 0.2) is 53.4 Å². The lowest BCUT2D eigenvalue weighted by atomic mass is 10.0. The maximum absolute atomic E-state index is 13.5. The van der Waals surface area contributed by atoms with Crippen LogP contribution < -0.4 is 13.8 Å². The molecule has 0 saturated carbocycles. The van der Waals surface area contributed by atoms with E-state index in [4.69, 9.17) is 9.47 Å². The molecule has 1 atom stereocenters. The highest BCUT2D eigenvalue weighted by atomic mass is 32.2. The molecule has 0 unspecified atom stereocenters. The van der Waals surface area contributed by atoms with Crippen LogP contribution in [-0.4, -0.2) is 53.1 Å². The van der Waals surface area contributed by atoms with E-state index in [1.165, 1.54) is 26.4 Å². The van der Waals surface area contributed by atoms with E-state index in [0.717, 1.165) is 17.1 Å². The van der Waals surface area contributed by atoms with Gasteiger partial charge in [-0.15, -0.1) is 0 Å². The van der Waals surface area contributed by atoms with E-state index in [0.29, 0.717) is 36.2 Å². The van der Waals surface area contributed by atoms with Crippen molar-refractivity contribution in [3.05, 3.63) is 48.5 Å². The molecule has 1 fully saturated rings. The fourth-order valence-electron chi connectivity index (χ4n) is 3.65. The number of amides is 1. The van der Waals surface area contributed by atoms with Crippen molar-refractivity contribution in [2.24, 2.45) is 5.92 Å². The van der Waals surface area contributed by atoms with Gasteiger partial charge in [-0.2, -0.15) is 0 Å². The molecule has 1 aliphatic heterocycles. The second-order valence-electron chi connectivity index (χ2n) is 7.45. The molecule has 2 aromatic rings. The second kappa shape index (κ2) is 9.38. The molecule has 0 aliphatic carbocycles. The van der Waals surface area contributed by atoms with Crippen LogP contribution in [0, 0.1) is 5.92 Å². The Labute approximate surface area is 178 Å². The maximum Gasteiger partial charge on any atom is 0.264 e. The Morgan fingerprint density at radius 1 is 1.10 bits per heavy atom. The number of nitrogens with zero attached hydrogens (tertiary/aromatic N) is 2. The van der Waals surface area contributed by atoms with Crippen LogP contribution >= 0.6 is 0 Å². The van der Waals surface area contributed by atoms with E-state index in [2.05, 4.69) is 6.92 Å². The van der Waals surface area contributed by atoms with Crippen molar-refractivity contribution in [3.8, 4) is 11.5 Å². The van der Waals surface area contributed by atoms with E-state index in [-0.39, 0.29) is 17.3 Å². The molecule has 1 aliphatic rings. The maximum atomic E-state index is 13.5. The number of piperidine rings is 1. The van der Waals surface area contributed by atoms with Gasteiger partial charge in [0.1, 0.15) is 6.54 Å². The van der Waals surface area contributed by atoms with Crippen LogP contribution in [0.2, 0.25) is 0 Å². The lowest BCUT2D eigenvalue weighted by Gasteiger charge is -2.33. The fraction of sp³-hybridized carbons (Fsp3) is 0.409. The monoisotopic (exact) mass is 432 g/mol. The molecular weight excluding hydrogens is 404 g/mol. The number of ether oxygens (including phenoxy) is 2. The number of sulfonamides is 1. The zero-order valence-electron chi connectivity index (χ0n) is 17.6. The third-order valence-electron chi connectivity index (χ3n) is 5.27. The van der Waals surface area contributed by atoms with Gasteiger partial charge in [0.15, 0.2) is 11.5 Å². The topological polar surface area (TPSA) is 76.2 Å². The fourth-order valence-corrected chi connectivity index (χ4v) is 5.08. The standard InChI is InChI=1S/C22H28N2O5S/c1-17-8-7-13-23(15-17)22(25)16-24(30(26,27)19-9-5-4-6-10-19)18-11-12-20(28-2)21(14-18)29-3/h4-6,9-12,14,17H,7-8,13,15-16H2,1-3H3/t17-/m1/s1. The molecule has 0 radical (unpaired) electrons. The van der Waals surface area contributed by atoms with E-state index in [9.17, 15) is 13.2 Å². The number of carbonyl (C=O) groups is 1. The first-order valence-corrected chi connectivity index (χ1v) is 11.4. The summed E-state index contributed by atoms with van der Waals surface area (Å²) in [6.07, 6.45) is 2.00. The van der Waals surface area contributed by atoms with Gasteiger partial charge in [0.25, 0.3) is 10.0 Å². The molecule has 3 rings (SSSR count). The first kappa shape index (κ1) is 22.0. The summed E-state index contributed by atoms with van der Waals surface area (Å²) in [5.74, 6) is 1.07. The van der Waals surface area contributed by atoms with Crippen molar-refractivity contribution in [1.82, 2.24) is 4.90 Å². The smallest absolute Gasteiger partial charge is 0.264 e. The van der Waals surface area contributed by atoms with Crippen molar-refractivity contribution in [2.45, 2.75) is 24.7 Å². The van der Waals surface area contributed by atoms with E-state index < -0.39 is 10.0 Å². The van der Waals surface area contributed by atoms with Crippen LogP contribution in [0.4, 0.5) is 5.69 Å². The third kappa shape index (κ3) is 4.70. The Balaban J connectivity index is 2.00. The van der Waals surface area contributed by atoms with Crippen LogP contribution in [0.25, 0.3) is 0 Å². The van der Waals surface area contributed by atoms with Crippen LogP contribution in [-0.2, 0) is 14.8 Å². The van der Waals surface area contributed by atoms with E-state index >= 15 is 0 Å². The number of methoxy groups -OCH3 is 2. The zero-order valence-corrected chi connectivity index (χ0v) is 18.4. The van der Waals surface area contributed by atoms with Gasteiger partial charge in [-0.1, -0.05) is 25.1 Å². The van der Waals surface area contributed by atoms with Crippen molar-refractivity contribution in [1.29, 1.82) is 0 Å². The molecule has 0 N–H and O–H groups in total. The Bertz CT molecular complexity index is 978. The van der Waals surface area contributed by atoms with Gasteiger partial charge in [0, 0.05) is 19.2 Å². The first-order chi connectivity index (χ1) is 14.4. The van der Waals surface area contributed by atoms with Gasteiger partial charge in [0.05, 0.1) is 24.8 Å². The predicted molar refractivity (Wildman–Crippen MR) is 115 cm³/mol. The zero-order chi connectivity index (χ0) is 21.7. The predicted octanol–water partition coefficient (Wildman–Crippen LogP) is 3.16. The Morgan fingerprint density at radius 3 is 2.43 bits per heavy atom. The number of rotatable bonds is 7. The van der Waals surface area contributed by atoms with Gasteiger partial charge in [0.2, 0.25) is 5.91 Å². The summed E-state index contributed by atoms with van der Waals surface area (Å²) < 4.78 is 38.7. The summed E-state index contributed by atoms with van der Waals surface area (Å²) in [7, 11) is -0.961. The Hall–Kier alpha value is -2.74. The molecule has 0 bridgehead atoms. The van der Waals surface area contributed by atoms with Crippen molar-refractivity contribution >= 4 is 21.6 Å². The minimum atomic E-state index is -3.96. The van der Waals surface area contributed by atoms with Crippen molar-refractivity contribution in [3.63, 3.8) is 0 Å². The summed E-state index contributed by atoms with van der Waals surface area (Å²) >= 11 is 0. The average Bonchev–Trinajstić information content (AvgIpc) is 2.77. The third-order valence-corrected chi connectivity index (χ3v) is 7.06. The first-order valence-electron chi connectivity index (χ1n) is 9.94. The van der Waals surface area contributed by atoms with Crippen molar-refractivity contribution in [2.75, 3.05) is 38.2 Å². The summed E-state index contributed by atoms with van der Waals surface area (Å²) in [5.41, 5.74) is 0.343. The largest absolute Gasteiger partial charge is 0.493 e. The molecule has 8 heteroatoms. The molecule has 1 amide bonds.